The van der Waals surface area contributed by atoms with Gasteiger partial charge in [-0.3, -0.25) is 9.38 Å². The SMILES string of the molecule is Cc1cc(F)ccc1-c1cnc2nc(COc3cncc(F)c3)cn2c1. The largest absolute Gasteiger partial charge is 0.486 e. The molecular formula is C19H14F2N4O. The van der Waals surface area contributed by atoms with Crippen LogP contribution in [0.25, 0.3) is 16.9 Å². The highest BCUT2D eigenvalue weighted by Crippen LogP contribution is 2.23. The lowest BCUT2D eigenvalue weighted by atomic mass is 10.0. The Hall–Kier alpha value is -3.35. The molecule has 0 amide bonds. The minimum absolute atomic E-state index is 0.166. The van der Waals surface area contributed by atoms with E-state index in [1.807, 2.05) is 13.1 Å². The molecule has 3 heterocycles. The predicted octanol–water partition coefficient (Wildman–Crippen LogP) is 3.96. The molecule has 7 heteroatoms. The normalized spacial score (nSPS) is 11.0. The number of rotatable bonds is 4. The van der Waals surface area contributed by atoms with Gasteiger partial charge >= 0.3 is 0 Å². The van der Waals surface area contributed by atoms with Crippen molar-refractivity contribution in [2.24, 2.45) is 0 Å². The van der Waals surface area contributed by atoms with E-state index in [9.17, 15) is 8.78 Å². The monoisotopic (exact) mass is 352 g/mol. The fraction of sp³-hybridized carbons (Fsp3) is 0.105. The van der Waals surface area contributed by atoms with E-state index in [0.717, 1.165) is 22.9 Å². The van der Waals surface area contributed by atoms with E-state index >= 15 is 0 Å². The average Bonchev–Trinajstić information content (AvgIpc) is 3.02. The van der Waals surface area contributed by atoms with Gasteiger partial charge in [-0.05, 0) is 30.2 Å². The second-order valence-corrected chi connectivity index (χ2v) is 5.87. The minimum Gasteiger partial charge on any atom is -0.486 e. The number of halogens is 2. The Morgan fingerprint density at radius 3 is 2.73 bits per heavy atom. The molecule has 0 N–H and O–H groups in total. The molecule has 0 atom stereocenters. The summed E-state index contributed by atoms with van der Waals surface area (Å²) in [6, 6.07) is 5.90. The summed E-state index contributed by atoms with van der Waals surface area (Å²) in [5.41, 5.74) is 3.23. The van der Waals surface area contributed by atoms with Gasteiger partial charge in [0.15, 0.2) is 0 Å². The molecule has 4 aromatic rings. The smallest absolute Gasteiger partial charge is 0.234 e. The zero-order valence-electron chi connectivity index (χ0n) is 13.9. The van der Waals surface area contributed by atoms with Crippen molar-refractivity contribution in [1.82, 2.24) is 19.4 Å². The van der Waals surface area contributed by atoms with Crippen molar-refractivity contribution < 1.29 is 13.5 Å². The number of aromatic nitrogens is 4. The van der Waals surface area contributed by atoms with Crippen LogP contribution in [-0.4, -0.2) is 19.4 Å². The standard InChI is InChI=1S/C19H14F2N4O/c1-12-4-14(20)2-3-18(12)13-6-23-19-24-16(10-25(19)9-13)11-26-17-5-15(21)7-22-8-17/h2-10H,11H2,1H3. The van der Waals surface area contributed by atoms with Crippen LogP contribution in [0.1, 0.15) is 11.3 Å². The third kappa shape index (κ3) is 3.23. The number of nitrogens with zero attached hydrogens (tertiary/aromatic N) is 4. The lowest BCUT2D eigenvalue weighted by Crippen LogP contribution is -1.96. The van der Waals surface area contributed by atoms with Crippen molar-refractivity contribution in [2.45, 2.75) is 13.5 Å². The summed E-state index contributed by atoms with van der Waals surface area (Å²) in [4.78, 5) is 12.4. The molecule has 0 spiro atoms. The van der Waals surface area contributed by atoms with Crippen molar-refractivity contribution in [3.8, 4) is 16.9 Å². The molecule has 0 unspecified atom stereocenters. The van der Waals surface area contributed by atoms with Crippen molar-refractivity contribution in [2.75, 3.05) is 0 Å². The molecule has 0 aliphatic heterocycles. The number of aryl methyl sites for hydroxylation is 1. The van der Waals surface area contributed by atoms with E-state index in [1.165, 1.54) is 24.4 Å². The van der Waals surface area contributed by atoms with Gasteiger partial charge in [-0.15, -0.1) is 0 Å². The molecule has 0 aliphatic rings. The van der Waals surface area contributed by atoms with E-state index in [-0.39, 0.29) is 12.4 Å². The van der Waals surface area contributed by atoms with Gasteiger partial charge in [0, 0.05) is 30.2 Å². The number of ether oxygens (including phenoxy) is 1. The predicted molar refractivity (Wildman–Crippen MR) is 91.6 cm³/mol. The maximum Gasteiger partial charge on any atom is 0.234 e. The first-order chi connectivity index (χ1) is 12.6. The zero-order chi connectivity index (χ0) is 18.1. The Bertz CT molecular complexity index is 1090. The summed E-state index contributed by atoms with van der Waals surface area (Å²) in [5.74, 6) is 0.120. The zero-order valence-corrected chi connectivity index (χ0v) is 13.9. The van der Waals surface area contributed by atoms with Gasteiger partial charge in [0.05, 0.1) is 18.1 Å². The molecule has 5 nitrogen and oxygen atoms in total. The van der Waals surface area contributed by atoms with Gasteiger partial charge in [0.2, 0.25) is 5.78 Å². The highest BCUT2D eigenvalue weighted by molar-refractivity contribution is 5.66. The quantitative estimate of drug-likeness (QED) is 0.558. The Morgan fingerprint density at radius 2 is 1.92 bits per heavy atom. The molecule has 0 saturated carbocycles. The molecule has 26 heavy (non-hydrogen) atoms. The summed E-state index contributed by atoms with van der Waals surface area (Å²) < 4.78 is 33.7. The van der Waals surface area contributed by atoms with Crippen molar-refractivity contribution >= 4 is 5.78 Å². The summed E-state index contributed by atoms with van der Waals surface area (Å²) in [7, 11) is 0. The Kier molecular flexibility index (Phi) is 4.04. The highest BCUT2D eigenvalue weighted by atomic mass is 19.1. The molecule has 130 valence electrons. The number of imidazole rings is 1. The Morgan fingerprint density at radius 1 is 1.04 bits per heavy atom. The van der Waals surface area contributed by atoms with Gasteiger partial charge in [-0.25, -0.2) is 18.7 Å². The average molecular weight is 352 g/mol. The Balaban J connectivity index is 1.59. The molecule has 1 aromatic carbocycles. The van der Waals surface area contributed by atoms with Crippen LogP contribution < -0.4 is 4.74 Å². The first kappa shape index (κ1) is 16.1. The molecule has 0 aliphatic carbocycles. The van der Waals surface area contributed by atoms with Crippen LogP contribution in [0, 0.1) is 18.6 Å². The van der Waals surface area contributed by atoms with Crippen LogP contribution >= 0.6 is 0 Å². The second-order valence-electron chi connectivity index (χ2n) is 5.87. The van der Waals surface area contributed by atoms with Crippen LogP contribution in [0.2, 0.25) is 0 Å². The lowest BCUT2D eigenvalue weighted by Gasteiger charge is -2.06. The van der Waals surface area contributed by atoms with Gasteiger partial charge in [0.1, 0.15) is 24.0 Å². The summed E-state index contributed by atoms with van der Waals surface area (Å²) in [6.07, 6.45) is 7.91. The summed E-state index contributed by atoms with van der Waals surface area (Å²) in [5, 5.41) is 0. The third-order valence-corrected chi connectivity index (χ3v) is 3.93. The Labute approximate surface area is 147 Å². The molecule has 3 aromatic heterocycles. The third-order valence-electron chi connectivity index (χ3n) is 3.93. The van der Waals surface area contributed by atoms with E-state index in [4.69, 9.17) is 4.74 Å². The van der Waals surface area contributed by atoms with Crippen molar-refractivity contribution in [3.05, 3.63) is 78.1 Å². The van der Waals surface area contributed by atoms with E-state index < -0.39 is 5.82 Å². The molecule has 0 radical (unpaired) electrons. The molecule has 4 rings (SSSR count). The number of pyridine rings is 1. The summed E-state index contributed by atoms with van der Waals surface area (Å²) >= 11 is 0. The maximum atomic E-state index is 13.3. The first-order valence-electron chi connectivity index (χ1n) is 7.92. The number of hydrogen-bond acceptors (Lipinski definition) is 4. The fourth-order valence-electron chi connectivity index (χ4n) is 2.72. The fourth-order valence-corrected chi connectivity index (χ4v) is 2.72. The maximum absolute atomic E-state index is 13.3. The van der Waals surface area contributed by atoms with Gasteiger partial charge in [-0.1, -0.05) is 6.07 Å². The van der Waals surface area contributed by atoms with E-state index in [2.05, 4.69) is 15.0 Å². The van der Waals surface area contributed by atoms with E-state index in [0.29, 0.717) is 17.2 Å². The topological polar surface area (TPSA) is 52.3 Å². The molecule has 0 fully saturated rings. The van der Waals surface area contributed by atoms with Crippen molar-refractivity contribution in [1.29, 1.82) is 0 Å². The van der Waals surface area contributed by atoms with Crippen LogP contribution in [0.15, 0.2) is 55.2 Å². The first-order valence-corrected chi connectivity index (χ1v) is 7.92. The summed E-state index contributed by atoms with van der Waals surface area (Å²) in [6.45, 7) is 2.02. The second kappa shape index (κ2) is 6.51. The minimum atomic E-state index is -0.460. The number of hydrogen-bond donors (Lipinski definition) is 0. The van der Waals surface area contributed by atoms with Crippen LogP contribution in [0.3, 0.4) is 0 Å². The van der Waals surface area contributed by atoms with Crippen molar-refractivity contribution in [3.63, 3.8) is 0 Å². The van der Waals surface area contributed by atoms with E-state index in [1.54, 1.807) is 22.9 Å². The van der Waals surface area contributed by atoms with Crippen LogP contribution in [0.4, 0.5) is 8.78 Å². The van der Waals surface area contributed by atoms with Crippen LogP contribution in [0.5, 0.6) is 5.75 Å². The van der Waals surface area contributed by atoms with Gasteiger partial charge in [0.25, 0.3) is 0 Å². The lowest BCUT2D eigenvalue weighted by molar-refractivity contribution is 0.299. The van der Waals surface area contributed by atoms with Gasteiger partial charge in [-0.2, -0.15) is 0 Å². The highest BCUT2D eigenvalue weighted by Gasteiger charge is 2.08. The number of benzene rings is 1. The molecule has 0 saturated heterocycles. The van der Waals surface area contributed by atoms with Gasteiger partial charge < -0.3 is 4.74 Å². The number of fused-ring (bicyclic) bond motifs is 1. The molecular weight excluding hydrogens is 338 g/mol. The molecule has 0 bridgehead atoms. The van der Waals surface area contributed by atoms with Crippen LogP contribution in [-0.2, 0) is 6.61 Å².